The first-order valence-corrected chi connectivity index (χ1v) is 8.32. The molecule has 1 aliphatic rings. The van der Waals surface area contributed by atoms with Gasteiger partial charge in [-0.3, -0.25) is 0 Å². The maximum Gasteiger partial charge on any atom is 0.120 e. The molecule has 2 heteroatoms. The van der Waals surface area contributed by atoms with Crippen molar-refractivity contribution in [1.29, 1.82) is 0 Å². The van der Waals surface area contributed by atoms with Gasteiger partial charge < -0.3 is 10.1 Å². The summed E-state index contributed by atoms with van der Waals surface area (Å²) in [5, 5.41) is 3.63. The van der Waals surface area contributed by atoms with Crippen LogP contribution in [0.15, 0.2) is 24.3 Å². The quantitative estimate of drug-likeness (QED) is 0.863. The fourth-order valence-electron chi connectivity index (χ4n) is 3.10. The lowest BCUT2D eigenvalue weighted by atomic mass is 9.94. The van der Waals surface area contributed by atoms with E-state index in [-0.39, 0.29) is 0 Å². The molecule has 0 aliphatic heterocycles. The zero-order chi connectivity index (χ0) is 14.2. The van der Waals surface area contributed by atoms with Crippen LogP contribution in [0, 0.1) is 0 Å². The Kier molecular flexibility index (Phi) is 6.38. The van der Waals surface area contributed by atoms with Crippen molar-refractivity contribution in [2.24, 2.45) is 0 Å². The molecule has 20 heavy (non-hydrogen) atoms. The highest BCUT2D eigenvalue weighted by atomic mass is 16.5. The van der Waals surface area contributed by atoms with Crippen molar-refractivity contribution in [3.8, 4) is 5.75 Å². The minimum atomic E-state index is 0.322. The maximum absolute atomic E-state index is 6.34. The first-order valence-electron chi connectivity index (χ1n) is 8.32. The van der Waals surface area contributed by atoms with Gasteiger partial charge in [-0.25, -0.2) is 0 Å². The second kappa shape index (κ2) is 8.31. The minimum absolute atomic E-state index is 0.322. The van der Waals surface area contributed by atoms with Crippen LogP contribution in [0.1, 0.15) is 57.9 Å². The molecule has 1 fully saturated rings. The summed E-state index contributed by atoms with van der Waals surface area (Å²) in [6, 6.07) is 9.08. The fourth-order valence-corrected chi connectivity index (χ4v) is 3.10. The van der Waals surface area contributed by atoms with E-state index in [0.29, 0.717) is 12.1 Å². The Morgan fingerprint density at radius 3 is 2.65 bits per heavy atom. The van der Waals surface area contributed by atoms with Gasteiger partial charge >= 0.3 is 0 Å². The van der Waals surface area contributed by atoms with Crippen molar-refractivity contribution in [3.63, 3.8) is 0 Å². The average molecular weight is 275 g/mol. The molecule has 1 N–H and O–H groups in total. The summed E-state index contributed by atoms with van der Waals surface area (Å²) in [4.78, 5) is 0. The summed E-state index contributed by atoms with van der Waals surface area (Å²) in [5.41, 5.74) is 1.35. The molecule has 0 spiro atoms. The predicted octanol–water partition coefficient (Wildman–Crippen LogP) is 4.33. The van der Waals surface area contributed by atoms with Gasteiger partial charge in [-0.05, 0) is 49.9 Å². The largest absolute Gasteiger partial charge is 0.489 e. The van der Waals surface area contributed by atoms with Crippen molar-refractivity contribution in [2.45, 2.75) is 70.9 Å². The molecule has 2 rings (SSSR count). The van der Waals surface area contributed by atoms with Crippen LogP contribution in [0.3, 0.4) is 0 Å². The fraction of sp³-hybridized carbons (Fsp3) is 0.667. The molecular weight excluding hydrogens is 246 g/mol. The molecule has 0 aromatic heterocycles. The standard InChI is InChI=1S/C18H29NO/c1-3-15-10-9-11-16(14-15)20-18-13-8-6-5-7-12-17(18)19-4-2/h9-11,14,17-19H,3-8,12-13H2,1-2H3. The Morgan fingerprint density at radius 1 is 1.10 bits per heavy atom. The van der Waals surface area contributed by atoms with Crippen LogP contribution in [0.5, 0.6) is 5.75 Å². The molecule has 2 unspecified atom stereocenters. The Hall–Kier alpha value is -1.02. The number of likely N-dealkylation sites (N-methyl/N-ethyl adjacent to an activating group) is 1. The molecule has 0 bridgehead atoms. The molecule has 0 radical (unpaired) electrons. The van der Waals surface area contributed by atoms with Crippen molar-refractivity contribution < 1.29 is 4.74 Å². The molecule has 1 aliphatic carbocycles. The van der Waals surface area contributed by atoms with E-state index in [0.717, 1.165) is 18.7 Å². The minimum Gasteiger partial charge on any atom is -0.489 e. The Bertz CT molecular complexity index is 391. The summed E-state index contributed by atoms with van der Waals surface area (Å²) < 4.78 is 6.34. The maximum atomic E-state index is 6.34. The molecule has 0 amide bonds. The lowest BCUT2D eigenvalue weighted by Crippen LogP contribution is -2.43. The zero-order valence-corrected chi connectivity index (χ0v) is 13.0. The van der Waals surface area contributed by atoms with Crippen LogP contribution in [0.2, 0.25) is 0 Å². The molecule has 1 saturated carbocycles. The highest BCUT2D eigenvalue weighted by Crippen LogP contribution is 2.23. The Labute approximate surface area is 123 Å². The molecule has 0 saturated heterocycles. The molecule has 112 valence electrons. The third-order valence-electron chi connectivity index (χ3n) is 4.26. The van der Waals surface area contributed by atoms with E-state index in [9.17, 15) is 0 Å². The van der Waals surface area contributed by atoms with Crippen molar-refractivity contribution in [3.05, 3.63) is 29.8 Å². The van der Waals surface area contributed by atoms with Gasteiger partial charge in [0.25, 0.3) is 0 Å². The highest BCUT2D eigenvalue weighted by Gasteiger charge is 2.23. The SMILES string of the molecule is CCNC1CCCCCCC1Oc1cccc(CC)c1. The predicted molar refractivity (Wildman–Crippen MR) is 85.4 cm³/mol. The van der Waals surface area contributed by atoms with E-state index in [2.05, 4.69) is 43.4 Å². The molecule has 2 atom stereocenters. The average Bonchev–Trinajstić information content (AvgIpc) is 2.46. The van der Waals surface area contributed by atoms with E-state index in [1.54, 1.807) is 0 Å². The first kappa shape index (κ1) is 15.4. The van der Waals surface area contributed by atoms with Crippen molar-refractivity contribution >= 4 is 0 Å². The second-order valence-corrected chi connectivity index (χ2v) is 5.81. The summed E-state index contributed by atoms with van der Waals surface area (Å²) in [6.07, 6.45) is 9.15. The lowest BCUT2D eigenvalue weighted by Gasteiger charge is -2.30. The Morgan fingerprint density at radius 2 is 1.90 bits per heavy atom. The third-order valence-corrected chi connectivity index (χ3v) is 4.26. The van der Waals surface area contributed by atoms with E-state index in [4.69, 9.17) is 4.74 Å². The topological polar surface area (TPSA) is 21.3 Å². The third kappa shape index (κ3) is 4.52. The number of hydrogen-bond donors (Lipinski definition) is 1. The lowest BCUT2D eigenvalue weighted by molar-refractivity contribution is 0.128. The number of ether oxygens (including phenoxy) is 1. The first-order chi connectivity index (χ1) is 9.83. The molecule has 1 aromatic rings. The monoisotopic (exact) mass is 275 g/mol. The van der Waals surface area contributed by atoms with Crippen LogP contribution >= 0.6 is 0 Å². The van der Waals surface area contributed by atoms with E-state index >= 15 is 0 Å². The highest BCUT2D eigenvalue weighted by molar-refractivity contribution is 5.28. The van der Waals surface area contributed by atoms with Gasteiger partial charge in [-0.15, -0.1) is 0 Å². The van der Waals surface area contributed by atoms with E-state index in [1.165, 1.54) is 44.1 Å². The second-order valence-electron chi connectivity index (χ2n) is 5.81. The van der Waals surface area contributed by atoms with Gasteiger partial charge in [0.2, 0.25) is 0 Å². The van der Waals surface area contributed by atoms with Crippen LogP contribution in [-0.2, 0) is 6.42 Å². The van der Waals surface area contributed by atoms with Crippen LogP contribution in [0.25, 0.3) is 0 Å². The van der Waals surface area contributed by atoms with Gasteiger partial charge in [0, 0.05) is 6.04 Å². The van der Waals surface area contributed by atoms with Gasteiger partial charge in [0.1, 0.15) is 11.9 Å². The number of benzene rings is 1. The molecule has 1 aromatic carbocycles. The van der Waals surface area contributed by atoms with Gasteiger partial charge in [0.05, 0.1) is 0 Å². The molecule has 2 nitrogen and oxygen atoms in total. The summed E-state index contributed by atoms with van der Waals surface area (Å²) in [7, 11) is 0. The molecule has 0 heterocycles. The number of nitrogens with one attached hydrogen (secondary N) is 1. The summed E-state index contributed by atoms with van der Waals surface area (Å²) in [6.45, 7) is 5.41. The Balaban J connectivity index is 2.04. The number of hydrogen-bond acceptors (Lipinski definition) is 2. The summed E-state index contributed by atoms with van der Waals surface area (Å²) >= 11 is 0. The van der Waals surface area contributed by atoms with Gasteiger partial charge in [-0.1, -0.05) is 45.2 Å². The normalized spacial score (nSPS) is 23.9. The van der Waals surface area contributed by atoms with E-state index in [1.807, 2.05) is 0 Å². The van der Waals surface area contributed by atoms with Crippen LogP contribution in [0.4, 0.5) is 0 Å². The molecular formula is C18H29NO. The van der Waals surface area contributed by atoms with Gasteiger partial charge in [-0.2, -0.15) is 0 Å². The van der Waals surface area contributed by atoms with Gasteiger partial charge in [0.15, 0.2) is 0 Å². The smallest absolute Gasteiger partial charge is 0.120 e. The van der Waals surface area contributed by atoms with Crippen LogP contribution < -0.4 is 10.1 Å². The zero-order valence-electron chi connectivity index (χ0n) is 13.0. The van der Waals surface area contributed by atoms with Crippen molar-refractivity contribution in [1.82, 2.24) is 5.32 Å². The van der Waals surface area contributed by atoms with Crippen LogP contribution in [-0.4, -0.2) is 18.7 Å². The van der Waals surface area contributed by atoms with Crippen molar-refractivity contribution in [2.75, 3.05) is 6.54 Å². The van der Waals surface area contributed by atoms with E-state index < -0.39 is 0 Å². The number of aryl methyl sites for hydroxylation is 1. The summed E-state index contributed by atoms with van der Waals surface area (Å²) in [5.74, 6) is 1.04. The number of rotatable bonds is 5.